The molecular weight excluding hydrogens is 250 g/mol. The van der Waals surface area contributed by atoms with Gasteiger partial charge in [0.25, 0.3) is 0 Å². The molecule has 100 valence electrons. The van der Waals surface area contributed by atoms with Crippen LogP contribution >= 0.6 is 0 Å². The predicted molar refractivity (Wildman–Crippen MR) is 72.6 cm³/mol. The minimum absolute atomic E-state index is 0.0354. The van der Waals surface area contributed by atoms with Gasteiger partial charge in [0.05, 0.1) is 18.1 Å². The number of nitrogens with zero attached hydrogens (tertiary/aromatic N) is 1. The van der Waals surface area contributed by atoms with Gasteiger partial charge in [0.1, 0.15) is 0 Å². The Balaban J connectivity index is 2.19. The van der Waals surface area contributed by atoms with Crippen molar-refractivity contribution in [1.82, 2.24) is 0 Å². The molecule has 4 nitrogen and oxygen atoms in total. The highest BCUT2D eigenvalue weighted by atomic mass is 32.2. The summed E-state index contributed by atoms with van der Waals surface area (Å²) in [5.41, 5.74) is 2.95. The minimum atomic E-state index is -2.85. The molecule has 0 bridgehead atoms. The third kappa shape index (κ3) is 2.67. The summed E-state index contributed by atoms with van der Waals surface area (Å²) >= 11 is 0. The molecule has 0 aromatic heterocycles. The van der Waals surface area contributed by atoms with E-state index in [1.54, 1.807) is 0 Å². The molecule has 1 heterocycles. The number of aliphatic hydroxyl groups excluding tert-OH is 1. The van der Waals surface area contributed by atoms with E-state index in [2.05, 4.69) is 0 Å². The monoisotopic (exact) mass is 269 g/mol. The van der Waals surface area contributed by atoms with Gasteiger partial charge in [-0.05, 0) is 36.6 Å². The number of aliphatic hydroxyl groups is 1. The normalized spacial score (nSPS) is 22.1. The number of rotatable bonds is 3. The Hall–Kier alpha value is -1.07. The zero-order valence-electron chi connectivity index (χ0n) is 10.8. The number of anilines is 1. The van der Waals surface area contributed by atoms with Crippen molar-refractivity contribution in [3.63, 3.8) is 0 Å². The number of hydrogen-bond acceptors (Lipinski definition) is 4. The third-order valence-corrected chi connectivity index (χ3v) is 5.41. The van der Waals surface area contributed by atoms with Crippen LogP contribution in [0.3, 0.4) is 0 Å². The van der Waals surface area contributed by atoms with Crippen molar-refractivity contribution < 1.29 is 13.5 Å². The smallest absolute Gasteiger partial charge is 0.152 e. The molecule has 1 unspecified atom stereocenters. The maximum Gasteiger partial charge on any atom is 0.152 e. The van der Waals surface area contributed by atoms with Crippen molar-refractivity contribution in [2.45, 2.75) is 26.0 Å². The van der Waals surface area contributed by atoms with E-state index in [1.165, 1.54) is 0 Å². The number of benzene rings is 1. The first-order valence-electron chi connectivity index (χ1n) is 6.06. The molecule has 0 radical (unpaired) electrons. The average Bonchev–Trinajstić information content (AvgIpc) is 2.68. The van der Waals surface area contributed by atoms with Crippen molar-refractivity contribution in [1.29, 1.82) is 0 Å². The lowest BCUT2D eigenvalue weighted by Crippen LogP contribution is -2.32. The first-order valence-corrected chi connectivity index (χ1v) is 7.89. The van der Waals surface area contributed by atoms with Gasteiger partial charge in [-0.1, -0.05) is 6.07 Å². The van der Waals surface area contributed by atoms with Crippen molar-refractivity contribution in [2.75, 3.05) is 23.5 Å². The topological polar surface area (TPSA) is 57.6 Å². The van der Waals surface area contributed by atoms with Crippen LogP contribution in [0, 0.1) is 6.92 Å². The molecule has 0 amide bonds. The van der Waals surface area contributed by atoms with Gasteiger partial charge in [-0.15, -0.1) is 0 Å². The van der Waals surface area contributed by atoms with E-state index in [-0.39, 0.29) is 24.2 Å². The molecule has 1 fully saturated rings. The molecule has 1 saturated heterocycles. The molecule has 1 N–H and O–H groups in total. The maximum absolute atomic E-state index is 11.5. The van der Waals surface area contributed by atoms with Crippen LogP contribution in [0.5, 0.6) is 0 Å². The van der Waals surface area contributed by atoms with E-state index in [9.17, 15) is 8.42 Å². The third-order valence-electron chi connectivity index (χ3n) is 3.66. The van der Waals surface area contributed by atoms with E-state index in [1.807, 2.05) is 37.1 Å². The highest BCUT2D eigenvalue weighted by molar-refractivity contribution is 7.91. The molecule has 1 aromatic carbocycles. The highest BCUT2D eigenvalue weighted by Gasteiger charge is 2.30. The molecule has 18 heavy (non-hydrogen) atoms. The molecule has 0 aliphatic carbocycles. The van der Waals surface area contributed by atoms with Crippen LogP contribution in [0.1, 0.15) is 17.5 Å². The molecule has 0 saturated carbocycles. The van der Waals surface area contributed by atoms with Crippen molar-refractivity contribution in [3.05, 3.63) is 29.3 Å². The lowest BCUT2D eigenvalue weighted by atomic mass is 10.1. The summed E-state index contributed by atoms with van der Waals surface area (Å²) in [4.78, 5) is 2.03. The van der Waals surface area contributed by atoms with E-state index in [0.717, 1.165) is 16.8 Å². The molecule has 0 spiro atoms. The number of aryl methyl sites for hydroxylation is 1. The fourth-order valence-corrected chi connectivity index (χ4v) is 4.14. The molecule has 2 rings (SSSR count). The van der Waals surface area contributed by atoms with Crippen LogP contribution in [0.25, 0.3) is 0 Å². The van der Waals surface area contributed by atoms with Crippen molar-refractivity contribution >= 4 is 15.5 Å². The van der Waals surface area contributed by atoms with E-state index >= 15 is 0 Å². The Morgan fingerprint density at radius 2 is 2.17 bits per heavy atom. The lowest BCUT2D eigenvalue weighted by Gasteiger charge is -2.26. The quantitative estimate of drug-likeness (QED) is 0.893. The van der Waals surface area contributed by atoms with E-state index < -0.39 is 9.84 Å². The van der Waals surface area contributed by atoms with Gasteiger partial charge in [0.15, 0.2) is 9.84 Å². The standard InChI is InChI=1S/C13H19NO3S/c1-10-7-12(4-3-11(10)8-15)14(2)13-5-6-18(16,17)9-13/h3-4,7,13,15H,5-6,8-9H2,1-2H3. The second kappa shape index (κ2) is 4.90. The molecule has 1 atom stereocenters. The molecule has 1 aliphatic heterocycles. The summed E-state index contributed by atoms with van der Waals surface area (Å²) in [6, 6.07) is 5.89. The van der Waals surface area contributed by atoms with Crippen LogP contribution in [0.15, 0.2) is 18.2 Å². The van der Waals surface area contributed by atoms with Crippen molar-refractivity contribution in [3.8, 4) is 0 Å². The van der Waals surface area contributed by atoms with Crippen LogP contribution in [0.4, 0.5) is 5.69 Å². The number of sulfone groups is 1. The van der Waals surface area contributed by atoms with Gasteiger partial charge >= 0.3 is 0 Å². The predicted octanol–water partition coefficient (Wildman–Crippen LogP) is 1.11. The minimum Gasteiger partial charge on any atom is -0.392 e. The van der Waals surface area contributed by atoms with Crippen LogP contribution in [-0.4, -0.2) is 38.1 Å². The van der Waals surface area contributed by atoms with Crippen LogP contribution in [0.2, 0.25) is 0 Å². The van der Waals surface area contributed by atoms with E-state index in [0.29, 0.717) is 6.42 Å². The SMILES string of the molecule is Cc1cc(N(C)C2CCS(=O)(=O)C2)ccc1CO. The Bertz CT molecular complexity index is 539. The summed E-state index contributed by atoms with van der Waals surface area (Å²) in [6.07, 6.45) is 0.694. The van der Waals surface area contributed by atoms with Gasteiger partial charge in [-0.2, -0.15) is 0 Å². The maximum atomic E-state index is 11.5. The Morgan fingerprint density at radius 1 is 1.44 bits per heavy atom. The first-order chi connectivity index (χ1) is 8.43. The fraction of sp³-hybridized carbons (Fsp3) is 0.538. The number of hydrogen-bond donors (Lipinski definition) is 1. The average molecular weight is 269 g/mol. The van der Waals surface area contributed by atoms with Gasteiger partial charge < -0.3 is 10.0 Å². The second-order valence-electron chi connectivity index (χ2n) is 4.94. The van der Waals surface area contributed by atoms with Crippen LogP contribution in [-0.2, 0) is 16.4 Å². The Morgan fingerprint density at radius 3 is 2.67 bits per heavy atom. The molecule has 1 aromatic rings. The van der Waals surface area contributed by atoms with Crippen LogP contribution < -0.4 is 4.90 Å². The van der Waals surface area contributed by atoms with Gasteiger partial charge in [-0.25, -0.2) is 8.42 Å². The van der Waals surface area contributed by atoms with Gasteiger partial charge in [0, 0.05) is 18.8 Å². The molecule has 5 heteroatoms. The van der Waals surface area contributed by atoms with Gasteiger partial charge in [0.2, 0.25) is 0 Å². The van der Waals surface area contributed by atoms with E-state index in [4.69, 9.17) is 5.11 Å². The van der Waals surface area contributed by atoms with Crippen molar-refractivity contribution in [2.24, 2.45) is 0 Å². The lowest BCUT2D eigenvalue weighted by molar-refractivity contribution is 0.281. The fourth-order valence-electron chi connectivity index (χ4n) is 2.37. The Kier molecular flexibility index (Phi) is 3.64. The summed E-state index contributed by atoms with van der Waals surface area (Å²) in [5, 5.41) is 9.14. The largest absolute Gasteiger partial charge is 0.392 e. The zero-order valence-corrected chi connectivity index (χ0v) is 11.6. The first kappa shape index (κ1) is 13.4. The highest BCUT2D eigenvalue weighted by Crippen LogP contribution is 2.24. The Labute approximate surface area is 108 Å². The zero-order chi connectivity index (χ0) is 13.3. The molecular formula is C13H19NO3S. The molecule has 1 aliphatic rings. The summed E-state index contributed by atoms with van der Waals surface area (Å²) in [5.74, 6) is 0.528. The summed E-state index contributed by atoms with van der Waals surface area (Å²) in [7, 11) is -0.924. The summed E-state index contributed by atoms with van der Waals surface area (Å²) < 4.78 is 23.0. The van der Waals surface area contributed by atoms with Gasteiger partial charge in [-0.3, -0.25) is 0 Å². The second-order valence-corrected chi connectivity index (χ2v) is 7.17. The summed E-state index contributed by atoms with van der Waals surface area (Å²) in [6.45, 7) is 1.99.